The Morgan fingerprint density at radius 2 is 1.42 bits per heavy atom. The van der Waals surface area contributed by atoms with Crippen LogP contribution in [-0.4, -0.2) is 11.3 Å². The van der Waals surface area contributed by atoms with Crippen molar-refractivity contribution in [3.8, 4) is 11.1 Å². The molecule has 4 heteroatoms. The van der Waals surface area contributed by atoms with E-state index in [-0.39, 0.29) is 0 Å². The van der Waals surface area contributed by atoms with Crippen LogP contribution >= 0.6 is 0 Å². The standard InChI is InChI=1S/C22H28F3N/c1-13-11-15(22(7,20(3,4)24)21(5,6)25)12-17(23)19(13)16-9-8-10-18(26)14(16)2/h8-12H,26H2,1-7H3. The van der Waals surface area contributed by atoms with Crippen molar-refractivity contribution in [3.63, 3.8) is 0 Å². The summed E-state index contributed by atoms with van der Waals surface area (Å²) in [6.07, 6.45) is 0. The zero-order valence-electron chi connectivity index (χ0n) is 16.6. The van der Waals surface area contributed by atoms with Gasteiger partial charge in [0.15, 0.2) is 0 Å². The van der Waals surface area contributed by atoms with Gasteiger partial charge < -0.3 is 5.73 Å². The fraction of sp³-hybridized carbons (Fsp3) is 0.455. The van der Waals surface area contributed by atoms with Gasteiger partial charge in [-0.15, -0.1) is 0 Å². The largest absolute Gasteiger partial charge is 0.398 e. The first-order chi connectivity index (χ1) is 11.7. The Bertz CT molecular complexity index is 789. The lowest BCUT2D eigenvalue weighted by atomic mass is 9.62. The average molecular weight is 363 g/mol. The molecule has 0 saturated carbocycles. The van der Waals surface area contributed by atoms with E-state index >= 15 is 13.2 Å². The molecule has 0 fully saturated rings. The first-order valence-electron chi connectivity index (χ1n) is 8.75. The van der Waals surface area contributed by atoms with Gasteiger partial charge in [-0.05, 0) is 82.9 Å². The van der Waals surface area contributed by atoms with Crippen LogP contribution in [0.1, 0.15) is 51.3 Å². The first-order valence-corrected chi connectivity index (χ1v) is 8.75. The summed E-state index contributed by atoms with van der Waals surface area (Å²) < 4.78 is 45.2. The van der Waals surface area contributed by atoms with Crippen LogP contribution in [0, 0.1) is 19.7 Å². The van der Waals surface area contributed by atoms with Gasteiger partial charge in [-0.2, -0.15) is 0 Å². The third-order valence-corrected chi connectivity index (χ3v) is 5.89. The van der Waals surface area contributed by atoms with Gasteiger partial charge in [-0.25, -0.2) is 13.2 Å². The van der Waals surface area contributed by atoms with Gasteiger partial charge in [0.05, 0.1) is 5.41 Å². The van der Waals surface area contributed by atoms with Crippen molar-refractivity contribution < 1.29 is 13.2 Å². The van der Waals surface area contributed by atoms with Gasteiger partial charge in [0.1, 0.15) is 17.2 Å². The van der Waals surface area contributed by atoms with Crippen LogP contribution in [0.2, 0.25) is 0 Å². The van der Waals surface area contributed by atoms with Crippen LogP contribution in [0.3, 0.4) is 0 Å². The number of hydrogen-bond acceptors (Lipinski definition) is 1. The summed E-state index contributed by atoms with van der Waals surface area (Å²) in [5.41, 5.74) is 4.03. The van der Waals surface area contributed by atoms with Crippen LogP contribution in [0.25, 0.3) is 11.1 Å². The molecule has 0 atom stereocenters. The molecule has 0 unspecified atom stereocenters. The number of rotatable bonds is 4. The molecule has 0 aromatic heterocycles. The second kappa shape index (κ2) is 6.33. The van der Waals surface area contributed by atoms with Crippen molar-refractivity contribution in [1.82, 2.24) is 0 Å². The lowest BCUT2D eigenvalue weighted by Crippen LogP contribution is -2.54. The molecular formula is C22H28F3N. The highest BCUT2D eigenvalue weighted by atomic mass is 19.2. The fourth-order valence-electron chi connectivity index (χ4n) is 3.69. The predicted octanol–water partition coefficient (Wildman–Crippen LogP) is 6.45. The topological polar surface area (TPSA) is 26.0 Å². The Morgan fingerprint density at radius 1 is 0.885 bits per heavy atom. The Balaban J connectivity index is 2.76. The lowest BCUT2D eigenvalue weighted by molar-refractivity contribution is -0.0160. The quantitative estimate of drug-likeness (QED) is 0.621. The Hall–Kier alpha value is -1.97. The molecule has 0 aliphatic carbocycles. The van der Waals surface area contributed by atoms with Crippen LogP contribution in [0.4, 0.5) is 18.9 Å². The number of benzene rings is 2. The maximum absolute atomic E-state index is 15.1. The second-order valence-corrected chi connectivity index (χ2v) is 8.24. The number of alkyl halides is 2. The summed E-state index contributed by atoms with van der Waals surface area (Å²) in [5.74, 6) is -0.506. The molecule has 26 heavy (non-hydrogen) atoms. The molecule has 0 amide bonds. The smallest absolute Gasteiger partial charge is 0.131 e. The zero-order valence-corrected chi connectivity index (χ0v) is 16.6. The molecule has 0 radical (unpaired) electrons. The third-order valence-electron chi connectivity index (χ3n) is 5.89. The van der Waals surface area contributed by atoms with Gasteiger partial charge in [-0.1, -0.05) is 18.2 Å². The van der Waals surface area contributed by atoms with Crippen LogP contribution in [0.15, 0.2) is 30.3 Å². The lowest BCUT2D eigenvalue weighted by Gasteiger charge is -2.46. The van der Waals surface area contributed by atoms with Crippen molar-refractivity contribution >= 4 is 5.69 Å². The van der Waals surface area contributed by atoms with E-state index in [0.717, 1.165) is 5.56 Å². The summed E-state index contributed by atoms with van der Waals surface area (Å²) in [5, 5.41) is 0. The minimum Gasteiger partial charge on any atom is -0.398 e. The Labute approximate surface area is 154 Å². The molecule has 0 bridgehead atoms. The van der Waals surface area contributed by atoms with Crippen LogP contribution in [-0.2, 0) is 5.41 Å². The molecule has 2 rings (SSSR count). The summed E-state index contributed by atoms with van der Waals surface area (Å²) in [7, 11) is 0. The summed E-state index contributed by atoms with van der Waals surface area (Å²) in [6.45, 7) is 10.4. The van der Waals surface area contributed by atoms with E-state index in [2.05, 4.69) is 0 Å². The Kier molecular flexibility index (Phi) is 4.95. The number of anilines is 1. The van der Waals surface area contributed by atoms with Crippen LogP contribution < -0.4 is 5.73 Å². The molecular weight excluding hydrogens is 335 g/mol. The molecule has 0 aliphatic rings. The fourth-order valence-corrected chi connectivity index (χ4v) is 3.69. The molecule has 0 spiro atoms. The molecule has 2 aromatic carbocycles. The number of nitrogens with two attached hydrogens (primary N) is 1. The maximum atomic E-state index is 15.1. The van der Waals surface area contributed by atoms with Crippen LogP contribution in [0.5, 0.6) is 0 Å². The minimum atomic E-state index is -1.89. The monoisotopic (exact) mass is 363 g/mol. The van der Waals surface area contributed by atoms with E-state index in [9.17, 15) is 0 Å². The molecule has 0 aliphatic heterocycles. The zero-order chi connectivity index (χ0) is 20.1. The van der Waals surface area contributed by atoms with Crippen molar-refractivity contribution in [2.75, 3.05) is 5.73 Å². The van der Waals surface area contributed by atoms with E-state index in [1.807, 2.05) is 6.92 Å². The number of aryl methyl sites for hydroxylation is 1. The van der Waals surface area contributed by atoms with Crippen molar-refractivity contribution in [2.24, 2.45) is 0 Å². The number of nitrogen functional groups attached to an aromatic ring is 1. The van der Waals surface area contributed by atoms with E-state index < -0.39 is 22.6 Å². The van der Waals surface area contributed by atoms with Crippen molar-refractivity contribution in [1.29, 1.82) is 0 Å². The number of halogens is 3. The molecule has 142 valence electrons. The minimum absolute atomic E-state index is 0.304. The van der Waals surface area contributed by atoms with Gasteiger partial charge in [0, 0.05) is 11.3 Å². The maximum Gasteiger partial charge on any atom is 0.131 e. The predicted molar refractivity (Wildman–Crippen MR) is 103 cm³/mol. The SMILES string of the molecule is Cc1cc(C(C)(C(C)(C)F)C(C)(C)F)cc(F)c1-c1cccc(N)c1C. The number of hydrogen-bond donors (Lipinski definition) is 1. The van der Waals surface area contributed by atoms with E-state index in [4.69, 9.17) is 5.73 Å². The van der Waals surface area contributed by atoms with E-state index in [0.29, 0.717) is 27.9 Å². The molecule has 2 aromatic rings. The normalized spacial score (nSPS) is 13.2. The molecule has 0 heterocycles. The summed E-state index contributed by atoms with van der Waals surface area (Å²) >= 11 is 0. The first kappa shape index (κ1) is 20.3. The molecule has 2 N–H and O–H groups in total. The van der Waals surface area contributed by atoms with Gasteiger partial charge in [-0.3, -0.25) is 0 Å². The third kappa shape index (κ3) is 3.10. The highest BCUT2D eigenvalue weighted by Gasteiger charge is 2.54. The van der Waals surface area contributed by atoms with Gasteiger partial charge in [0.25, 0.3) is 0 Å². The van der Waals surface area contributed by atoms with E-state index in [1.165, 1.54) is 40.7 Å². The van der Waals surface area contributed by atoms with Gasteiger partial charge in [0.2, 0.25) is 0 Å². The highest BCUT2D eigenvalue weighted by Crippen LogP contribution is 2.49. The van der Waals surface area contributed by atoms with Gasteiger partial charge >= 0.3 is 0 Å². The van der Waals surface area contributed by atoms with Crippen molar-refractivity contribution in [3.05, 3.63) is 52.8 Å². The summed E-state index contributed by atoms with van der Waals surface area (Å²) in [4.78, 5) is 0. The van der Waals surface area contributed by atoms with E-state index in [1.54, 1.807) is 31.2 Å². The Morgan fingerprint density at radius 3 is 1.88 bits per heavy atom. The van der Waals surface area contributed by atoms with Crippen molar-refractivity contribution in [2.45, 2.75) is 65.2 Å². The molecule has 1 nitrogen and oxygen atoms in total. The summed E-state index contributed by atoms with van der Waals surface area (Å²) in [6, 6.07) is 8.27. The molecule has 0 saturated heterocycles. The average Bonchev–Trinajstić information content (AvgIpc) is 2.47. The second-order valence-electron chi connectivity index (χ2n) is 8.24. The highest BCUT2D eigenvalue weighted by molar-refractivity contribution is 5.76.